The van der Waals surface area contributed by atoms with Gasteiger partial charge in [-0.2, -0.15) is 0 Å². The van der Waals surface area contributed by atoms with Crippen LogP contribution in [0.15, 0.2) is 10.6 Å². The Hall–Kier alpha value is -0.910. The lowest BCUT2D eigenvalue weighted by Gasteiger charge is -2.32. The van der Waals surface area contributed by atoms with Crippen molar-refractivity contribution in [1.82, 2.24) is 15.0 Å². The van der Waals surface area contributed by atoms with E-state index < -0.39 is 0 Å². The molecule has 0 bridgehead atoms. The second-order valence-electron chi connectivity index (χ2n) is 5.29. The largest absolute Gasteiger partial charge is 0.381 e. The lowest BCUT2D eigenvalue weighted by molar-refractivity contribution is 0.107. The minimum Gasteiger partial charge on any atom is -0.381 e. The highest BCUT2D eigenvalue weighted by Gasteiger charge is 2.12. The van der Waals surface area contributed by atoms with Gasteiger partial charge in [0.2, 0.25) is 0 Å². The van der Waals surface area contributed by atoms with Gasteiger partial charge in [-0.05, 0) is 20.4 Å². The summed E-state index contributed by atoms with van der Waals surface area (Å²) in [5.41, 5.74) is 0.983. The van der Waals surface area contributed by atoms with Gasteiger partial charge in [-0.25, -0.2) is 0 Å². The summed E-state index contributed by atoms with van der Waals surface area (Å²) in [4.78, 5) is 4.90. The Morgan fingerprint density at radius 1 is 1.26 bits per heavy atom. The molecule has 5 nitrogen and oxygen atoms in total. The molecule has 0 spiro atoms. The molecule has 1 aliphatic rings. The van der Waals surface area contributed by atoms with Crippen molar-refractivity contribution in [3.63, 3.8) is 0 Å². The average Bonchev–Trinajstić information content (AvgIpc) is 2.81. The molecule has 1 saturated heterocycles. The van der Waals surface area contributed by atoms with Gasteiger partial charge in [0.25, 0.3) is 0 Å². The number of aromatic nitrogens is 1. The zero-order valence-electron chi connectivity index (χ0n) is 12.1. The number of aryl methyl sites for hydroxylation is 1. The van der Waals surface area contributed by atoms with Crippen LogP contribution in [0.25, 0.3) is 0 Å². The molecular weight excluding hydrogens is 242 g/mol. The summed E-state index contributed by atoms with van der Waals surface area (Å²) in [6.45, 7) is 9.38. The minimum absolute atomic E-state index is 0.731. The Balaban J connectivity index is 1.46. The first-order valence-electron chi connectivity index (χ1n) is 7.15. The van der Waals surface area contributed by atoms with E-state index in [2.05, 4.69) is 22.0 Å². The van der Waals surface area contributed by atoms with E-state index in [4.69, 9.17) is 9.26 Å². The first-order chi connectivity index (χ1) is 9.24. The summed E-state index contributed by atoms with van der Waals surface area (Å²) in [7, 11) is 2.19. The zero-order chi connectivity index (χ0) is 13.5. The molecule has 5 heteroatoms. The van der Waals surface area contributed by atoms with Gasteiger partial charge in [-0.1, -0.05) is 5.16 Å². The molecule has 1 aromatic heterocycles. The second-order valence-corrected chi connectivity index (χ2v) is 5.29. The number of hydrogen-bond donors (Lipinski definition) is 0. The maximum atomic E-state index is 5.64. The van der Waals surface area contributed by atoms with E-state index in [0.29, 0.717) is 0 Å². The van der Waals surface area contributed by atoms with Gasteiger partial charge in [0, 0.05) is 51.8 Å². The summed E-state index contributed by atoms with van der Waals surface area (Å²) < 4.78 is 10.7. The standard InChI is InChI=1S/C14H25N3O2/c1-13-12-14(15-19-13)4-11-18-10-3-5-17-8-6-16(2)7-9-17/h12H,3-11H2,1-2H3. The molecule has 1 aliphatic heterocycles. The summed E-state index contributed by atoms with van der Waals surface area (Å²) in [5.74, 6) is 0.866. The van der Waals surface area contributed by atoms with Gasteiger partial charge in [-0.3, -0.25) is 0 Å². The van der Waals surface area contributed by atoms with Gasteiger partial charge in [0.05, 0.1) is 12.3 Å². The molecule has 0 aliphatic carbocycles. The van der Waals surface area contributed by atoms with Crippen LogP contribution in [0.3, 0.4) is 0 Å². The fourth-order valence-electron chi connectivity index (χ4n) is 2.28. The molecule has 1 fully saturated rings. The Morgan fingerprint density at radius 3 is 2.74 bits per heavy atom. The maximum Gasteiger partial charge on any atom is 0.133 e. The van der Waals surface area contributed by atoms with Gasteiger partial charge in [-0.15, -0.1) is 0 Å². The Morgan fingerprint density at radius 2 is 2.05 bits per heavy atom. The Bertz CT molecular complexity index is 359. The molecule has 0 aromatic carbocycles. The molecule has 0 amide bonds. The van der Waals surface area contributed by atoms with Crippen molar-refractivity contribution >= 4 is 0 Å². The molecule has 0 N–H and O–H groups in total. The van der Waals surface area contributed by atoms with Crippen molar-refractivity contribution < 1.29 is 9.26 Å². The molecule has 0 radical (unpaired) electrons. The molecule has 1 aromatic rings. The zero-order valence-corrected chi connectivity index (χ0v) is 12.1. The third-order valence-electron chi connectivity index (χ3n) is 3.54. The molecule has 2 rings (SSSR count). The van der Waals surface area contributed by atoms with Gasteiger partial charge < -0.3 is 19.1 Å². The van der Waals surface area contributed by atoms with Crippen LogP contribution in [0.1, 0.15) is 17.9 Å². The van der Waals surface area contributed by atoms with Crippen LogP contribution in [0.4, 0.5) is 0 Å². The Labute approximate surface area is 115 Å². The van der Waals surface area contributed by atoms with Crippen LogP contribution >= 0.6 is 0 Å². The van der Waals surface area contributed by atoms with E-state index in [-0.39, 0.29) is 0 Å². The molecule has 0 saturated carbocycles. The quantitative estimate of drug-likeness (QED) is 0.694. The fraction of sp³-hybridized carbons (Fsp3) is 0.786. The molecule has 108 valence electrons. The number of ether oxygens (including phenoxy) is 1. The van der Waals surface area contributed by atoms with E-state index in [1.165, 1.54) is 26.2 Å². The fourth-order valence-corrected chi connectivity index (χ4v) is 2.28. The number of likely N-dealkylation sites (N-methyl/N-ethyl adjacent to an activating group) is 1. The SMILES string of the molecule is Cc1cc(CCOCCCN2CCN(C)CC2)no1. The van der Waals surface area contributed by atoms with Crippen LogP contribution in [0.5, 0.6) is 0 Å². The lowest BCUT2D eigenvalue weighted by Crippen LogP contribution is -2.44. The normalized spacial score (nSPS) is 18.0. The van der Waals surface area contributed by atoms with Crippen LogP contribution in [-0.4, -0.2) is 67.9 Å². The summed E-state index contributed by atoms with van der Waals surface area (Å²) in [6, 6.07) is 1.97. The second kappa shape index (κ2) is 7.62. The number of rotatable bonds is 7. The van der Waals surface area contributed by atoms with Crippen molar-refractivity contribution in [2.45, 2.75) is 19.8 Å². The van der Waals surface area contributed by atoms with E-state index in [1.807, 2.05) is 13.0 Å². The third-order valence-corrected chi connectivity index (χ3v) is 3.54. The number of hydrogen-bond acceptors (Lipinski definition) is 5. The smallest absolute Gasteiger partial charge is 0.133 e. The first kappa shape index (κ1) is 14.5. The highest BCUT2D eigenvalue weighted by molar-refractivity contribution is 5.03. The van der Waals surface area contributed by atoms with Crippen molar-refractivity contribution in [2.75, 3.05) is 53.0 Å². The van der Waals surface area contributed by atoms with Crippen molar-refractivity contribution in [3.8, 4) is 0 Å². The highest BCUT2D eigenvalue weighted by Crippen LogP contribution is 2.03. The molecule has 0 unspecified atom stereocenters. The van der Waals surface area contributed by atoms with Gasteiger partial charge in [0.1, 0.15) is 5.76 Å². The third kappa shape index (κ3) is 5.30. The van der Waals surface area contributed by atoms with Crippen LogP contribution in [-0.2, 0) is 11.2 Å². The molecule has 0 atom stereocenters. The molecule has 19 heavy (non-hydrogen) atoms. The van der Waals surface area contributed by atoms with Crippen molar-refractivity contribution in [2.24, 2.45) is 0 Å². The average molecular weight is 267 g/mol. The highest BCUT2D eigenvalue weighted by atomic mass is 16.5. The molecular formula is C14H25N3O2. The van der Waals surface area contributed by atoms with Gasteiger partial charge >= 0.3 is 0 Å². The van der Waals surface area contributed by atoms with Crippen molar-refractivity contribution in [3.05, 3.63) is 17.5 Å². The minimum atomic E-state index is 0.731. The monoisotopic (exact) mass is 267 g/mol. The summed E-state index contributed by atoms with van der Waals surface area (Å²) in [5, 5.41) is 3.95. The summed E-state index contributed by atoms with van der Waals surface area (Å²) >= 11 is 0. The number of nitrogens with zero attached hydrogens (tertiary/aromatic N) is 3. The number of piperazine rings is 1. The van der Waals surface area contributed by atoms with E-state index in [1.54, 1.807) is 0 Å². The van der Waals surface area contributed by atoms with E-state index in [0.717, 1.165) is 44.1 Å². The topological polar surface area (TPSA) is 41.7 Å². The Kier molecular flexibility index (Phi) is 5.82. The maximum absolute atomic E-state index is 5.64. The van der Waals surface area contributed by atoms with Crippen LogP contribution < -0.4 is 0 Å². The van der Waals surface area contributed by atoms with E-state index >= 15 is 0 Å². The lowest BCUT2D eigenvalue weighted by atomic mass is 10.3. The predicted octanol–water partition coefficient (Wildman–Crippen LogP) is 1.18. The van der Waals surface area contributed by atoms with E-state index in [9.17, 15) is 0 Å². The van der Waals surface area contributed by atoms with Crippen LogP contribution in [0.2, 0.25) is 0 Å². The summed E-state index contributed by atoms with van der Waals surface area (Å²) in [6.07, 6.45) is 1.95. The van der Waals surface area contributed by atoms with Crippen molar-refractivity contribution in [1.29, 1.82) is 0 Å². The first-order valence-corrected chi connectivity index (χ1v) is 7.15. The predicted molar refractivity (Wildman–Crippen MR) is 74.3 cm³/mol. The molecule has 2 heterocycles. The van der Waals surface area contributed by atoms with Gasteiger partial charge in [0.15, 0.2) is 0 Å². The van der Waals surface area contributed by atoms with Crippen LogP contribution in [0, 0.1) is 6.92 Å².